The van der Waals surface area contributed by atoms with Crippen molar-refractivity contribution in [2.45, 2.75) is 25.3 Å². The molecule has 1 aliphatic rings. The quantitative estimate of drug-likeness (QED) is 0.774. The van der Waals surface area contributed by atoms with Crippen molar-refractivity contribution in [3.63, 3.8) is 0 Å². The molecule has 4 heteroatoms. The molecular formula is C14H16N2O2. The van der Waals surface area contributed by atoms with E-state index >= 15 is 0 Å². The molecule has 0 spiro atoms. The second-order valence-electron chi connectivity index (χ2n) is 4.96. The Morgan fingerprint density at radius 2 is 2.22 bits per heavy atom. The minimum Gasteiger partial charge on any atom is -0.465 e. The van der Waals surface area contributed by atoms with Gasteiger partial charge in [-0.3, -0.25) is 0 Å². The van der Waals surface area contributed by atoms with Crippen molar-refractivity contribution in [1.29, 1.82) is 0 Å². The Morgan fingerprint density at radius 1 is 1.44 bits per heavy atom. The zero-order valence-corrected chi connectivity index (χ0v) is 10.0. The summed E-state index contributed by atoms with van der Waals surface area (Å²) in [6.45, 7) is 0. The number of aromatic nitrogens is 1. The number of H-pyrrole nitrogens is 1. The third-order valence-electron chi connectivity index (χ3n) is 3.61. The molecule has 1 aliphatic carbocycles. The molecule has 1 aromatic heterocycles. The molecule has 1 atom stereocenters. The van der Waals surface area contributed by atoms with Crippen LogP contribution < -0.4 is 5.32 Å². The average Bonchev–Trinajstić information content (AvgIpc) is 3.12. The molecule has 1 aromatic carbocycles. The average molecular weight is 244 g/mol. The maximum absolute atomic E-state index is 10.8. The molecule has 0 aliphatic heterocycles. The smallest absolute Gasteiger partial charge is 0.404 e. The summed E-state index contributed by atoms with van der Waals surface area (Å²) in [4.78, 5) is 14.0. The van der Waals surface area contributed by atoms with Gasteiger partial charge in [-0.2, -0.15) is 0 Å². The SMILES string of the molecule is O=C(O)NC(Cc1c[nH]c2ccccc12)C1CC1. The lowest BCUT2D eigenvalue weighted by atomic mass is 10.0. The summed E-state index contributed by atoms with van der Waals surface area (Å²) in [5.74, 6) is 0.509. The summed E-state index contributed by atoms with van der Waals surface area (Å²) in [7, 11) is 0. The van der Waals surface area contributed by atoms with Crippen molar-refractivity contribution in [3.05, 3.63) is 36.0 Å². The molecule has 3 rings (SSSR count). The third kappa shape index (κ3) is 2.18. The fourth-order valence-electron chi connectivity index (χ4n) is 2.53. The minimum atomic E-state index is -0.924. The molecule has 94 valence electrons. The number of benzene rings is 1. The molecule has 1 saturated carbocycles. The maximum Gasteiger partial charge on any atom is 0.404 e. The molecule has 1 unspecified atom stereocenters. The van der Waals surface area contributed by atoms with E-state index in [4.69, 9.17) is 5.11 Å². The summed E-state index contributed by atoms with van der Waals surface area (Å²) in [6, 6.07) is 8.16. The highest BCUT2D eigenvalue weighted by Crippen LogP contribution is 2.35. The number of rotatable bonds is 4. The fourth-order valence-corrected chi connectivity index (χ4v) is 2.53. The van der Waals surface area contributed by atoms with Gasteiger partial charge in [0.1, 0.15) is 0 Å². The Balaban J connectivity index is 1.83. The number of hydrogen-bond acceptors (Lipinski definition) is 1. The van der Waals surface area contributed by atoms with Crippen molar-refractivity contribution in [2.75, 3.05) is 0 Å². The van der Waals surface area contributed by atoms with Gasteiger partial charge in [-0.05, 0) is 36.8 Å². The van der Waals surface area contributed by atoms with Crippen LogP contribution >= 0.6 is 0 Å². The second kappa shape index (κ2) is 4.37. The van der Waals surface area contributed by atoms with Gasteiger partial charge in [-0.15, -0.1) is 0 Å². The number of hydrogen-bond donors (Lipinski definition) is 3. The fraction of sp³-hybridized carbons (Fsp3) is 0.357. The number of nitrogens with one attached hydrogen (secondary N) is 2. The predicted octanol–water partition coefficient (Wildman–Crippen LogP) is 2.76. The van der Waals surface area contributed by atoms with E-state index in [1.165, 1.54) is 10.9 Å². The van der Waals surface area contributed by atoms with Crippen molar-refractivity contribution < 1.29 is 9.90 Å². The van der Waals surface area contributed by atoms with Gasteiger partial charge in [0.25, 0.3) is 0 Å². The Bertz CT molecular complexity index is 572. The van der Waals surface area contributed by atoms with Crippen molar-refractivity contribution in [2.24, 2.45) is 5.92 Å². The Morgan fingerprint density at radius 3 is 2.94 bits per heavy atom. The Labute approximate surface area is 105 Å². The maximum atomic E-state index is 10.8. The van der Waals surface area contributed by atoms with Crippen LogP contribution in [0.15, 0.2) is 30.5 Å². The number of carboxylic acid groups (broad SMARTS) is 1. The van der Waals surface area contributed by atoms with Crippen molar-refractivity contribution >= 4 is 17.0 Å². The van der Waals surface area contributed by atoms with E-state index < -0.39 is 6.09 Å². The lowest BCUT2D eigenvalue weighted by molar-refractivity contribution is 0.188. The van der Waals surface area contributed by atoms with Gasteiger partial charge >= 0.3 is 6.09 Å². The first kappa shape index (κ1) is 11.1. The van der Waals surface area contributed by atoms with Crippen LogP contribution in [0.3, 0.4) is 0 Å². The Hall–Kier alpha value is -1.97. The standard InChI is InChI=1S/C14H16N2O2/c17-14(18)16-13(9-5-6-9)7-10-8-15-12-4-2-1-3-11(10)12/h1-4,8-9,13,15-16H,5-7H2,(H,17,18). The first-order chi connectivity index (χ1) is 8.74. The topological polar surface area (TPSA) is 65.1 Å². The largest absolute Gasteiger partial charge is 0.465 e. The van der Waals surface area contributed by atoms with Crippen LogP contribution in [0.4, 0.5) is 4.79 Å². The van der Waals surface area contributed by atoms with Crippen molar-refractivity contribution in [1.82, 2.24) is 10.3 Å². The summed E-state index contributed by atoms with van der Waals surface area (Å²) >= 11 is 0. The van der Waals surface area contributed by atoms with E-state index in [0.717, 1.165) is 24.8 Å². The zero-order valence-electron chi connectivity index (χ0n) is 10.0. The van der Waals surface area contributed by atoms with Gasteiger partial charge < -0.3 is 15.4 Å². The monoisotopic (exact) mass is 244 g/mol. The number of carbonyl (C=O) groups is 1. The van der Waals surface area contributed by atoms with Gasteiger partial charge in [0, 0.05) is 23.1 Å². The third-order valence-corrected chi connectivity index (χ3v) is 3.61. The summed E-state index contributed by atoms with van der Waals surface area (Å²) in [5.41, 5.74) is 2.30. The molecule has 2 aromatic rings. The molecular weight excluding hydrogens is 228 g/mol. The highest BCUT2D eigenvalue weighted by atomic mass is 16.4. The van der Waals surface area contributed by atoms with Crippen LogP contribution in [0.1, 0.15) is 18.4 Å². The van der Waals surface area contributed by atoms with Gasteiger partial charge in [0.05, 0.1) is 0 Å². The van der Waals surface area contributed by atoms with Gasteiger partial charge in [-0.1, -0.05) is 18.2 Å². The molecule has 18 heavy (non-hydrogen) atoms. The first-order valence-electron chi connectivity index (χ1n) is 6.28. The van der Waals surface area contributed by atoms with Crippen LogP contribution in [0.25, 0.3) is 10.9 Å². The highest BCUT2D eigenvalue weighted by Gasteiger charge is 2.32. The van der Waals surface area contributed by atoms with E-state index in [1.54, 1.807) is 0 Å². The number of amides is 1. The van der Waals surface area contributed by atoms with E-state index in [-0.39, 0.29) is 6.04 Å². The molecule has 1 fully saturated rings. The molecule has 0 bridgehead atoms. The summed E-state index contributed by atoms with van der Waals surface area (Å²) in [6.07, 6.45) is 4.09. The lowest BCUT2D eigenvalue weighted by Crippen LogP contribution is -2.36. The minimum absolute atomic E-state index is 0.0432. The van der Waals surface area contributed by atoms with Gasteiger partial charge in [0.2, 0.25) is 0 Å². The van der Waals surface area contributed by atoms with Crippen LogP contribution in [0.5, 0.6) is 0 Å². The van der Waals surface area contributed by atoms with Crippen LogP contribution in [-0.4, -0.2) is 22.2 Å². The molecule has 1 heterocycles. The van der Waals surface area contributed by atoms with Crippen LogP contribution in [-0.2, 0) is 6.42 Å². The lowest BCUT2D eigenvalue weighted by Gasteiger charge is -2.15. The zero-order chi connectivity index (χ0) is 12.5. The van der Waals surface area contributed by atoms with E-state index in [0.29, 0.717) is 5.92 Å². The number of fused-ring (bicyclic) bond motifs is 1. The molecule has 1 amide bonds. The van der Waals surface area contributed by atoms with E-state index in [2.05, 4.69) is 16.4 Å². The molecule has 0 radical (unpaired) electrons. The number of para-hydroxylation sites is 1. The number of aromatic amines is 1. The highest BCUT2D eigenvalue weighted by molar-refractivity contribution is 5.83. The summed E-state index contributed by atoms with van der Waals surface area (Å²) in [5, 5.41) is 12.7. The van der Waals surface area contributed by atoms with E-state index in [9.17, 15) is 4.79 Å². The molecule has 3 N–H and O–H groups in total. The van der Waals surface area contributed by atoms with Crippen LogP contribution in [0, 0.1) is 5.92 Å². The normalized spacial score (nSPS) is 16.7. The predicted molar refractivity (Wildman–Crippen MR) is 69.7 cm³/mol. The molecule has 4 nitrogen and oxygen atoms in total. The van der Waals surface area contributed by atoms with E-state index in [1.807, 2.05) is 24.4 Å². The van der Waals surface area contributed by atoms with Gasteiger partial charge in [0.15, 0.2) is 0 Å². The molecule has 0 saturated heterocycles. The second-order valence-corrected chi connectivity index (χ2v) is 4.96. The Kier molecular flexibility index (Phi) is 2.70. The van der Waals surface area contributed by atoms with Crippen LogP contribution in [0.2, 0.25) is 0 Å². The first-order valence-corrected chi connectivity index (χ1v) is 6.28. The van der Waals surface area contributed by atoms with Gasteiger partial charge in [-0.25, -0.2) is 4.79 Å². The van der Waals surface area contributed by atoms with Crippen molar-refractivity contribution in [3.8, 4) is 0 Å². The summed E-state index contributed by atoms with van der Waals surface area (Å²) < 4.78 is 0.